The number of aromatic amines is 1. The lowest BCUT2D eigenvalue weighted by Gasteiger charge is -2.14. The fourth-order valence-electron chi connectivity index (χ4n) is 2.74. The van der Waals surface area contributed by atoms with Gasteiger partial charge in [-0.25, -0.2) is 4.99 Å². The quantitative estimate of drug-likeness (QED) is 0.613. The van der Waals surface area contributed by atoms with Crippen LogP contribution in [-0.4, -0.2) is 23.0 Å². The highest BCUT2D eigenvalue weighted by molar-refractivity contribution is 7.11. The molecule has 2 aromatic rings. The van der Waals surface area contributed by atoms with E-state index in [0.717, 1.165) is 11.3 Å². The molecule has 0 saturated heterocycles. The van der Waals surface area contributed by atoms with Gasteiger partial charge in [-0.15, -0.1) is 11.3 Å². The first-order valence-corrected chi connectivity index (χ1v) is 8.26. The van der Waals surface area contributed by atoms with Gasteiger partial charge in [0, 0.05) is 16.1 Å². The number of aromatic nitrogens is 1. The molecule has 0 fully saturated rings. The van der Waals surface area contributed by atoms with E-state index in [-0.39, 0.29) is 11.6 Å². The molecule has 0 spiro atoms. The Labute approximate surface area is 148 Å². The van der Waals surface area contributed by atoms with Crippen molar-refractivity contribution in [2.45, 2.75) is 26.2 Å². The Bertz CT molecular complexity index is 924. The molecule has 0 aromatic carbocycles. The Morgan fingerprint density at radius 2 is 1.77 bits per heavy atom. The fourth-order valence-corrected chi connectivity index (χ4v) is 3.51. The summed E-state index contributed by atoms with van der Waals surface area (Å²) in [6, 6.07) is 4.88. The zero-order valence-corrected chi connectivity index (χ0v) is 14.3. The van der Waals surface area contributed by atoms with Crippen LogP contribution in [0.15, 0.2) is 45.9 Å². The molecule has 1 N–H and O–H groups in total. The highest BCUT2D eigenvalue weighted by Gasteiger charge is 2.46. The number of aryl methyl sites for hydroxylation is 2. The summed E-state index contributed by atoms with van der Waals surface area (Å²) in [5.74, 6) is 0. The van der Waals surface area contributed by atoms with Crippen LogP contribution in [0.5, 0.6) is 0 Å². The second kappa shape index (κ2) is 6.15. The lowest BCUT2D eigenvalue weighted by atomic mass is 10.0. The summed E-state index contributed by atoms with van der Waals surface area (Å²) in [6.45, 7) is 3.39. The van der Waals surface area contributed by atoms with Gasteiger partial charge in [0.05, 0.1) is 17.0 Å². The van der Waals surface area contributed by atoms with Crippen molar-refractivity contribution in [3.63, 3.8) is 0 Å². The van der Waals surface area contributed by atoms with Crippen molar-refractivity contribution in [1.29, 1.82) is 0 Å². The van der Waals surface area contributed by atoms with E-state index in [2.05, 4.69) is 9.98 Å². The number of nitrogens with one attached hydrogen (secondary N) is 1. The number of thiophene rings is 1. The Kier molecular flexibility index (Phi) is 4.38. The van der Waals surface area contributed by atoms with Gasteiger partial charge in [-0.05, 0) is 43.0 Å². The SMILES string of the molecule is Cc1cc(C)c(C(=C2N=C(C(F)(F)F)C=C2C(F)(F)F)c2cccs2)[nH]1. The summed E-state index contributed by atoms with van der Waals surface area (Å²) >= 11 is 1.13. The van der Waals surface area contributed by atoms with Gasteiger partial charge in [0.2, 0.25) is 0 Å². The van der Waals surface area contributed by atoms with E-state index in [4.69, 9.17) is 0 Å². The van der Waals surface area contributed by atoms with Crippen LogP contribution in [-0.2, 0) is 0 Å². The van der Waals surface area contributed by atoms with E-state index in [1.54, 1.807) is 37.4 Å². The molecule has 0 atom stereocenters. The molecule has 3 rings (SSSR count). The summed E-state index contributed by atoms with van der Waals surface area (Å²) in [7, 11) is 0. The van der Waals surface area contributed by atoms with Gasteiger partial charge < -0.3 is 4.98 Å². The number of hydrogen-bond donors (Lipinski definition) is 1. The van der Waals surface area contributed by atoms with E-state index >= 15 is 0 Å². The molecular weight excluding hydrogens is 378 g/mol. The third-order valence-corrected chi connectivity index (χ3v) is 4.66. The van der Waals surface area contributed by atoms with Crippen molar-refractivity contribution in [3.05, 3.63) is 62.8 Å². The molecule has 1 aliphatic rings. The van der Waals surface area contributed by atoms with Gasteiger partial charge in [0.25, 0.3) is 0 Å². The topological polar surface area (TPSA) is 28.1 Å². The van der Waals surface area contributed by atoms with E-state index < -0.39 is 29.3 Å². The summed E-state index contributed by atoms with van der Waals surface area (Å²) in [6.07, 6.45) is -9.88. The molecule has 2 aromatic heterocycles. The Hall–Kier alpha value is -2.29. The van der Waals surface area contributed by atoms with Crippen LogP contribution in [0.2, 0.25) is 0 Å². The van der Waals surface area contributed by atoms with Crippen LogP contribution in [0, 0.1) is 13.8 Å². The van der Waals surface area contributed by atoms with E-state index in [1.807, 2.05) is 0 Å². The zero-order chi connectivity index (χ0) is 19.3. The first-order valence-electron chi connectivity index (χ1n) is 7.38. The lowest BCUT2D eigenvalue weighted by Crippen LogP contribution is -2.19. The minimum atomic E-state index is -4.97. The predicted molar refractivity (Wildman–Crippen MR) is 88.2 cm³/mol. The number of nitrogens with zero attached hydrogens (tertiary/aromatic N) is 1. The maximum absolute atomic E-state index is 13.4. The van der Waals surface area contributed by atoms with Crippen molar-refractivity contribution in [1.82, 2.24) is 4.98 Å². The van der Waals surface area contributed by atoms with Crippen molar-refractivity contribution >= 4 is 22.6 Å². The van der Waals surface area contributed by atoms with E-state index in [0.29, 0.717) is 21.8 Å². The molecule has 9 heteroatoms. The average molecular weight is 390 g/mol. The normalized spacial score (nSPS) is 17.4. The van der Waals surface area contributed by atoms with Gasteiger partial charge in [0.1, 0.15) is 5.71 Å². The minimum absolute atomic E-state index is 0.00780. The highest BCUT2D eigenvalue weighted by Crippen LogP contribution is 2.44. The fraction of sp³-hybridized carbons (Fsp3) is 0.235. The summed E-state index contributed by atoms with van der Waals surface area (Å²) in [5, 5.41) is 1.64. The van der Waals surface area contributed by atoms with Crippen molar-refractivity contribution < 1.29 is 26.3 Å². The number of rotatable bonds is 2. The molecule has 1 aliphatic heterocycles. The predicted octanol–water partition coefficient (Wildman–Crippen LogP) is 5.96. The van der Waals surface area contributed by atoms with Crippen LogP contribution < -0.4 is 0 Å². The van der Waals surface area contributed by atoms with E-state index in [1.165, 1.54) is 0 Å². The summed E-state index contributed by atoms with van der Waals surface area (Å²) in [5.41, 5.74) is -2.05. The maximum Gasteiger partial charge on any atom is 0.433 e. The number of alkyl halides is 6. The third kappa shape index (κ3) is 3.35. The molecule has 0 unspecified atom stereocenters. The number of hydrogen-bond acceptors (Lipinski definition) is 2. The van der Waals surface area contributed by atoms with Crippen molar-refractivity contribution in [2.24, 2.45) is 4.99 Å². The molecule has 2 nitrogen and oxygen atoms in total. The molecule has 0 saturated carbocycles. The number of halogens is 6. The highest BCUT2D eigenvalue weighted by atomic mass is 32.1. The van der Waals surface area contributed by atoms with Crippen LogP contribution >= 0.6 is 11.3 Å². The summed E-state index contributed by atoms with van der Waals surface area (Å²) in [4.78, 5) is 6.67. The second-order valence-corrected chi connectivity index (χ2v) is 6.71. The molecule has 26 heavy (non-hydrogen) atoms. The van der Waals surface area contributed by atoms with Gasteiger partial charge in [-0.1, -0.05) is 6.07 Å². The van der Waals surface area contributed by atoms with Crippen LogP contribution in [0.4, 0.5) is 26.3 Å². The maximum atomic E-state index is 13.4. The van der Waals surface area contributed by atoms with Crippen molar-refractivity contribution in [2.75, 3.05) is 0 Å². The van der Waals surface area contributed by atoms with Crippen LogP contribution in [0.25, 0.3) is 5.57 Å². The summed E-state index contributed by atoms with van der Waals surface area (Å²) < 4.78 is 79.4. The molecule has 0 radical (unpaired) electrons. The molecule has 0 bridgehead atoms. The molecule has 3 heterocycles. The smallest absolute Gasteiger partial charge is 0.358 e. The molecule has 138 valence electrons. The van der Waals surface area contributed by atoms with Crippen LogP contribution in [0.1, 0.15) is 21.8 Å². The number of allylic oxidation sites excluding steroid dienone is 2. The first kappa shape index (κ1) is 18.5. The Morgan fingerprint density at radius 1 is 1.08 bits per heavy atom. The molecular formula is C17H12F6N2S. The number of H-pyrrole nitrogens is 1. The third-order valence-electron chi connectivity index (χ3n) is 3.77. The largest absolute Gasteiger partial charge is 0.433 e. The van der Waals surface area contributed by atoms with E-state index in [9.17, 15) is 26.3 Å². The molecule has 0 aliphatic carbocycles. The van der Waals surface area contributed by atoms with Gasteiger partial charge in [-0.2, -0.15) is 26.3 Å². The monoisotopic (exact) mass is 390 g/mol. The first-order chi connectivity index (χ1) is 12.0. The Balaban J connectivity index is 2.36. The van der Waals surface area contributed by atoms with Gasteiger partial charge >= 0.3 is 12.4 Å². The van der Waals surface area contributed by atoms with Crippen LogP contribution in [0.3, 0.4) is 0 Å². The average Bonchev–Trinajstić information content (AvgIpc) is 3.19. The second-order valence-electron chi connectivity index (χ2n) is 5.76. The standard InChI is InChI=1S/C17H12F6N2S/c1-8-6-9(2)24-14(8)13(11-4-3-5-26-11)15-10(16(18,19)20)7-12(25-15)17(21,22)23/h3-7,24H,1-2H3. The van der Waals surface area contributed by atoms with Crippen molar-refractivity contribution in [3.8, 4) is 0 Å². The minimum Gasteiger partial charge on any atom is -0.358 e. The van der Waals surface area contributed by atoms with Gasteiger partial charge in [-0.3, -0.25) is 0 Å². The number of aliphatic imine (C=N–C) groups is 1. The van der Waals surface area contributed by atoms with Gasteiger partial charge in [0.15, 0.2) is 0 Å². The Morgan fingerprint density at radius 3 is 2.23 bits per heavy atom. The lowest BCUT2D eigenvalue weighted by molar-refractivity contribution is -0.0890. The zero-order valence-electron chi connectivity index (χ0n) is 13.5. The molecule has 0 amide bonds.